The Kier molecular flexibility index (Phi) is 9.74. The minimum absolute atomic E-state index is 0.241. The molecule has 0 saturated carbocycles. The molecule has 0 radical (unpaired) electrons. The molecule has 0 unspecified atom stereocenters. The zero-order chi connectivity index (χ0) is 56.5. The van der Waals surface area contributed by atoms with Crippen molar-refractivity contribution >= 4 is 119 Å². The van der Waals surface area contributed by atoms with Crippen LogP contribution in [0.2, 0.25) is 0 Å². The SMILES string of the molecule is CC1(C)c2ccccc2-c2ccc3c(c21)c1ccccc1n3-c1cc(-n2c3ccccc3c3ccc(-c4ccc5c(c4)c4ccccc4n5-c4ccccc4)cc32)nc(-n2c3ccccc3c3ccc(-c4ccc5c(c4)sc4ccccc45)cc32)n1. The molecule has 402 valence electrons. The number of hydrogen-bond donors (Lipinski definition) is 0. The van der Waals surface area contributed by atoms with E-state index in [-0.39, 0.29) is 5.41 Å². The van der Waals surface area contributed by atoms with Gasteiger partial charge >= 0.3 is 0 Å². The zero-order valence-electron chi connectivity index (χ0n) is 47.0. The zero-order valence-corrected chi connectivity index (χ0v) is 47.8. The molecular formula is C79H50N6S. The maximum atomic E-state index is 5.87. The largest absolute Gasteiger partial charge is 0.309 e. The van der Waals surface area contributed by atoms with Crippen molar-refractivity contribution in [3.05, 3.63) is 278 Å². The molecule has 86 heavy (non-hydrogen) atoms. The Labute approximate surface area is 497 Å². The van der Waals surface area contributed by atoms with Crippen LogP contribution in [0.15, 0.2) is 267 Å². The number of thiophene rings is 1. The number of aromatic nitrogens is 6. The van der Waals surface area contributed by atoms with Crippen molar-refractivity contribution in [1.29, 1.82) is 0 Å². The molecule has 7 heteroatoms. The summed E-state index contributed by atoms with van der Waals surface area (Å²) in [6, 6.07) is 98.2. The van der Waals surface area contributed by atoms with E-state index in [0.717, 1.165) is 88.7 Å². The van der Waals surface area contributed by atoms with Gasteiger partial charge in [0.05, 0.1) is 44.1 Å². The van der Waals surface area contributed by atoms with E-state index in [4.69, 9.17) is 9.97 Å². The minimum Gasteiger partial charge on any atom is -0.309 e. The quantitative estimate of drug-likeness (QED) is 0.167. The highest BCUT2D eigenvalue weighted by Crippen LogP contribution is 2.53. The number of para-hydroxylation sites is 5. The number of nitrogens with zero attached hydrogens (tertiary/aromatic N) is 6. The predicted molar refractivity (Wildman–Crippen MR) is 361 cm³/mol. The van der Waals surface area contributed by atoms with E-state index in [2.05, 4.69) is 299 Å². The van der Waals surface area contributed by atoms with Crippen LogP contribution in [-0.2, 0) is 5.41 Å². The highest BCUT2D eigenvalue weighted by Gasteiger charge is 2.38. The lowest BCUT2D eigenvalue weighted by Crippen LogP contribution is -2.15. The van der Waals surface area contributed by atoms with Crippen molar-refractivity contribution < 1.29 is 0 Å². The van der Waals surface area contributed by atoms with Crippen LogP contribution in [0.4, 0.5) is 0 Å². The monoisotopic (exact) mass is 1110 g/mol. The first-order valence-corrected chi connectivity index (χ1v) is 30.4. The number of rotatable bonds is 6. The molecule has 0 fully saturated rings. The summed E-state index contributed by atoms with van der Waals surface area (Å²) in [7, 11) is 0. The fraction of sp³-hybridized carbons (Fsp3) is 0.0380. The summed E-state index contributed by atoms with van der Waals surface area (Å²) >= 11 is 1.85. The molecule has 1 aliphatic carbocycles. The lowest BCUT2D eigenvalue weighted by atomic mass is 9.80. The number of hydrogen-bond acceptors (Lipinski definition) is 3. The molecule has 0 saturated heterocycles. The van der Waals surface area contributed by atoms with Gasteiger partial charge in [-0.15, -0.1) is 11.3 Å². The van der Waals surface area contributed by atoms with E-state index in [1.54, 1.807) is 0 Å². The second kappa shape index (κ2) is 17.6. The second-order valence-corrected chi connectivity index (χ2v) is 24.8. The van der Waals surface area contributed by atoms with Crippen LogP contribution >= 0.6 is 11.3 Å². The van der Waals surface area contributed by atoms with Crippen molar-refractivity contribution in [3.63, 3.8) is 0 Å². The van der Waals surface area contributed by atoms with Crippen LogP contribution in [0.25, 0.3) is 164 Å². The van der Waals surface area contributed by atoms with E-state index < -0.39 is 0 Å². The smallest absolute Gasteiger partial charge is 0.238 e. The van der Waals surface area contributed by atoms with E-state index in [1.165, 1.54) is 80.6 Å². The van der Waals surface area contributed by atoms with Gasteiger partial charge in [0.2, 0.25) is 5.95 Å². The van der Waals surface area contributed by atoms with Crippen molar-refractivity contribution in [3.8, 4) is 56.7 Å². The third-order valence-corrected chi connectivity index (χ3v) is 19.9. The molecule has 0 atom stereocenters. The minimum atomic E-state index is -0.241. The lowest BCUT2D eigenvalue weighted by molar-refractivity contribution is 0.666. The maximum Gasteiger partial charge on any atom is 0.238 e. The fourth-order valence-electron chi connectivity index (χ4n) is 15.0. The number of benzene rings is 12. The Morgan fingerprint density at radius 1 is 0.302 bits per heavy atom. The third-order valence-electron chi connectivity index (χ3n) is 18.8. The summed E-state index contributed by atoms with van der Waals surface area (Å²) in [6.07, 6.45) is 0. The normalized spacial score (nSPS) is 13.1. The summed E-state index contributed by atoms with van der Waals surface area (Å²) in [4.78, 5) is 11.7. The molecule has 0 aliphatic heterocycles. The third kappa shape index (κ3) is 6.60. The fourth-order valence-corrected chi connectivity index (χ4v) is 16.1. The first-order valence-electron chi connectivity index (χ1n) is 29.6. The van der Waals surface area contributed by atoms with E-state index in [1.807, 2.05) is 11.3 Å². The Morgan fingerprint density at radius 3 is 1.48 bits per heavy atom. The molecule has 0 N–H and O–H groups in total. The summed E-state index contributed by atoms with van der Waals surface area (Å²) in [5.74, 6) is 2.14. The maximum absolute atomic E-state index is 5.87. The Balaban J connectivity index is 0.882. The van der Waals surface area contributed by atoms with Gasteiger partial charge in [0, 0.05) is 80.4 Å². The van der Waals surface area contributed by atoms with Gasteiger partial charge in [-0.3, -0.25) is 13.7 Å². The molecule has 1 aliphatic rings. The summed E-state index contributed by atoms with van der Waals surface area (Å²) in [6.45, 7) is 4.78. The van der Waals surface area contributed by atoms with Gasteiger partial charge in [0.25, 0.3) is 0 Å². The van der Waals surface area contributed by atoms with Crippen LogP contribution in [0.3, 0.4) is 0 Å². The lowest BCUT2D eigenvalue weighted by Gasteiger charge is -2.22. The summed E-state index contributed by atoms with van der Waals surface area (Å²) in [5.41, 5.74) is 19.5. The average Bonchev–Trinajstić information content (AvgIpc) is 1.84. The van der Waals surface area contributed by atoms with Crippen LogP contribution in [0.5, 0.6) is 0 Å². The Morgan fingerprint density at radius 2 is 0.767 bits per heavy atom. The van der Waals surface area contributed by atoms with Gasteiger partial charge in [-0.1, -0.05) is 196 Å². The highest BCUT2D eigenvalue weighted by molar-refractivity contribution is 7.25. The van der Waals surface area contributed by atoms with Crippen molar-refractivity contribution in [2.45, 2.75) is 19.3 Å². The molecule has 0 spiro atoms. The first-order chi connectivity index (χ1) is 42.4. The summed E-state index contributed by atoms with van der Waals surface area (Å²) < 4.78 is 12.1. The predicted octanol–water partition coefficient (Wildman–Crippen LogP) is 20.9. The Hall–Kier alpha value is -10.9. The van der Waals surface area contributed by atoms with E-state index in [9.17, 15) is 0 Å². The Bertz CT molecular complexity index is 5940. The van der Waals surface area contributed by atoms with Crippen LogP contribution < -0.4 is 0 Å². The van der Waals surface area contributed by atoms with Gasteiger partial charge in [-0.2, -0.15) is 9.97 Å². The van der Waals surface area contributed by atoms with Crippen LogP contribution in [-0.4, -0.2) is 28.2 Å². The van der Waals surface area contributed by atoms with Gasteiger partial charge < -0.3 is 4.57 Å². The van der Waals surface area contributed by atoms with Gasteiger partial charge in [-0.25, -0.2) is 0 Å². The average molecular weight is 1120 g/mol. The van der Waals surface area contributed by atoms with E-state index in [0.29, 0.717) is 5.95 Å². The molecule has 6 nitrogen and oxygen atoms in total. The molecule has 0 amide bonds. The van der Waals surface area contributed by atoms with E-state index >= 15 is 0 Å². The molecular weight excluding hydrogens is 1060 g/mol. The van der Waals surface area contributed by atoms with Crippen LogP contribution in [0.1, 0.15) is 25.0 Å². The van der Waals surface area contributed by atoms with Crippen molar-refractivity contribution in [2.75, 3.05) is 0 Å². The molecule has 6 aromatic heterocycles. The van der Waals surface area contributed by atoms with Gasteiger partial charge in [0.1, 0.15) is 11.6 Å². The van der Waals surface area contributed by atoms with Crippen LogP contribution in [0, 0.1) is 0 Å². The molecule has 0 bridgehead atoms. The standard InChI is InChI=1S/C79H50N6S/c1-79(2)63-26-12-6-20-52(63)60-39-41-69-76(77(60)79)61-25-10-16-30-67(61)83(69)74-46-75(81-78(80-74)85-66-29-15-8-22-54(66)57-37-33-49(44-71(57)85)50-34-38-59-58-24-11-17-31-72(58)86-73(59)45-50)84-65-28-14-7-21-53(65)56-36-32-48(43-70(56)84)47-35-40-68-62(42-47)55-23-9-13-27-64(55)82(68)51-18-4-3-5-19-51/h3-46H,1-2H3. The number of fused-ring (bicyclic) bond motifs is 19. The topological polar surface area (TPSA) is 45.5 Å². The van der Waals surface area contributed by atoms with Gasteiger partial charge in [-0.05, 0) is 123 Å². The molecule has 19 rings (SSSR count). The second-order valence-electron chi connectivity index (χ2n) is 23.7. The molecule has 12 aromatic carbocycles. The van der Waals surface area contributed by atoms with Crippen molar-refractivity contribution in [2.24, 2.45) is 0 Å². The first kappa shape index (κ1) is 47.6. The molecule has 6 heterocycles. The van der Waals surface area contributed by atoms with Crippen molar-refractivity contribution in [1.82, 2.24) is 28.2 Å². The van der Waals surface area contributed by atoms with Gasteiger partial charge in [0.15, 0.2) is 0 Å². The molecule has 18 aromatic rings. The highest BCUT2D eigenvalue weighted by atomic mass is 32.1. The summed E-state index contributed by atoms with van der Waals surface area (Å²) in [5, 5.41) is 12.1.